The molecule has 0 aliphatic carbocycles. The van der Waals surface area contributed by atoms with Gasteiger partial charge in [-0.2, -0.15) is 13.2 Å². The van der Waals surface area contributed by atoms with Crippen molar-refractivity contribution in [2.75, 3.05) is 0 Å². The molecule has 1 atom stereocenters. The molecule has 0 fully saturated rings. The van der Waals surface area contributed by atoms with Crippen LogP contribution in [0.5, 0.6) is 0 Å². The van der Waals surface area contributed by atoms with Crippen molar-refractivity contribution in [1.82, 2.24) is 4.98 Å². The van der Waals surface area contributed by atoms with Crippen LogP contribution in [0.2, 0.25) is 0 Å². The summed E-state index contributed by atoms with van der Waals surface area (Å²) in [6.45, 7) is 1.29. The fraction of sp³-hybridized carbons (Fsp3) is 0.571. The number of hydrogen-bond donors (Lipinski definition) is 1. The van der Waals surface area contributed by atoms with Crippen molar-refractivity contribution in [1.29, 1.82) is 0 Å². The molecule has 1 aromatic rings. The summed E-state index contributed by atoms with van der Waals surface area (Å²) in [6, 6.07) is 0. The predicted octanol–water partition coefficient (Wildman–Crippen LogP) is 2.91. The van der Waals surface area contributed by atoms with Crippen molar-refractivity contribution >= 4 is 33.9 Å². The fourth-order valence-electron chi connectivity index (χ4n) is 0.958. The predicted molar refractivity (Wildman–Crippen MR) is 55.1 cm³/mol. The summed E-state index contributed by atoms with van der Waals surface area (Å²) in [4.78, 5) is 3.53. The molecule has 1 unspecified atom stereocenters. The van der Waals surface area contributed by atoms with E-state index in [1.807, 2.05) is 22.6 Å². The molecule has 80 valence electrons. The highest BCUT2D eigenvalue weighted by Gasteiger charge is 2.54. The molecule has 0 radical (unpaired) electrons. The minimum Gasteiger partial charge on any atom is -0.376 e. The van der Waals surface area contributed by atoms with Crippen molar-refractivity contribution < 1.29 is 18.3 Å². The van der Waals surface area contributed by atoms with Crippen molar-refractivity contribution in [3.8, 4) is 0 Å². The standard InChI is InChI=1S/C7H7F3INOS/c1-2-6(13,7(8,9)10)4-3-12-5(11)14-4/h3,13H,2H2,1H3. The third-order valence-electron chi connectivity index (χ3n) is 1.87. The first-order valence-electron chi connectivity index (χ1n) is 3.72. The van der Waals surface area contributed by atoms with E-state index in [0.717, 1.165) is 17.5 Å². The molecule has 7 heteroatoms. The zero-order valence-electron chi connectivity index (χ0n) is 7.10. The molecule has 2 nitrogen and oxygen atoms in total. The van der Waals surface area contributed by atoms with E-state index in [1.165, 1.54) is 6.92 Å². The first kappa shape index (κ1) is 12.2. The normalized spacial score (nSPS) is 16.7. The average Bonchev–Trinajstić information content (AvgIpc) is 2.48. The Morgan fingerprint density at radius 1 is 1.57 bits per heavy atom. The Balaban J connectivity index is 3.14. The van der Waals surface area contributed by atoms with Crippen LogP contribution < -0.4 is 0 Å². The van der Waals surface area contributed by atoms with Crippen molar-refractivity contribution in [2.24, 2.45) is 0 Å². The molecule has 0 bridgehead atoms. The van der Waals surface area contributed by atoms with Gasteiger partial charge in [-0.1, -0.05) is 6.92 Å². The number of hydrogen-bond acceptors (Lipinski definition) is 3. The molecule has 0 aliphatic rings. The fourth-order valence-corrected chi connectivity index (χ4v) is 2.63. The van der Waals surface area contributed by atoms with E-state index in [0.29, 0.717) is 3.01 Å². The third kappa shape index (κ3) is 2.03. The van der Waals surface area contributed by atoms with Crippen LogP contribution in [0.1, 0.15) is 18.2 Å². The molecule has 1 heterocycles. The maximum atomic E-state index is 12.5. The first-order valence-corrected chi connectivity index (χ1v) is 5.61. The van der Waals surface area contributed by atoms with E-state index in [1.54, 1.807) is 0 Å². The van der Waals surface area contributed by atoms with E-state index in [4.69, 9.17) is 0 Å². The lowest BCUT2D eigenvalue weighted by Gasteiger charge is -2.27. The molecule has 0 spiro atoms. The van der Waals surface area contributed by atoms with Gasteiger partial charge in [-0.05, 0) is 29.0 Å². The van der Waals surface area contributed by atoms with E-state index in [-0.39, 0.29) is 4.88 Å². The number of nitrogens with zero attached hydrogens (tertiary/aromatic N) is 1. The van der Waals surface area contributed by atoms with Gasteiger partial charge in [0.25, 0.3) is 0 Å². The Labute approximate surface area is 96.3 Å². The number of thiazole rings is 1. The minimum absolute atomic E-state index is 0.156. The largest absolute Gasteiger partial charge is 0.422 e. The molecule has 0 aromatic carbocycles. The quantitative estimate of drug-likeness (QED) is 0.842. The SMILES string of the molecule is CCC(O)(c1cnc(I)s1)C(F)(F)F. The lowest BCUT2D eigenvalue weighted by Crippen LogP contribution is -2.40. The van der Waals surface area contributed by atoms with Gasteiger partial charge in [-0.3, -0.25) is 0 Å². The second kappa shape index (κ2) is 3.93. The molecule has 0 amide bonds. The average molecular weight is 337 g/mol. The van der Waals surface area contributed by atoms with Gasteiger partial charge in [0.15, 0.2) is 8.62 Å². The van der Waals surface area contributed by atoms with Crippen LogP contribution in [-0.2, 0) is 5.60 Å². The van der Waals surface area contributed by atoms with Gasteiger partial charge < -0.3 is 5.11 Å². The van der Waals surface area contributed by atoms with Crippen molar-refractivity contribution in [3.63, 3.8) is 0 Å². The van der Waals surface area contributed by atoms with Crippen LogP contribution in [-0.4, -0.2) is 16.3 Å². The monoisotopic (exact) mass is 337 g/mol. The highest BCUT2D eigenvalue weighted by molar-refractivity contribution is 14.1. The summed E-state index contributed by atoms with van der Waals surface area (Å²) in [5.74, 6) is 0. The van der Waals surface area contributed by atoms with Crippen LogP contribution in [0.3, 0.4) is 0 Å². The molecular formula is C7H7F3INOS. The zero-order valence-corrected chi connectivity index (χ0v) is 10.1. The van der Waals surface area contributed by atoms with Gasteiger partial charge in [0, 0.05) is 6.20 Å². The Kier molecular flexibility index (Phi) is 3.42. The van der Waals surface area contributed by atoms with Gasteiger partial charge in [-0.25, -0.2) is 4.98 Å². The summed E-state index contributed by atoms with van der Waals surface area (Å²) in [5, 5.41) is 9.48. The van der Waals surface area contributed by atoms with Crippen LogP contribution in [0, 0.1) is 3.01 Å². The summed E-state index contributed by atoms with van der Waals surface area (Å²) < 4.78 is 38.1. The number of alkyl halides is 3. The second-order valence-corrected chi connectivity index (χ2v) is 5.47. The van der Waals surface area contributed by atoms with Gasteiger partial charge in [0.05, 0.1) is 4.88 Å². The smallest absolute Gasteiger partial charge is 0.376 e. The topological polar surface area (TPSA) is 33.1 Å². The summed E-state index contributed by atoms with van der Waals surface area (Å²) in [5.41, 5.74) is -2.76. The summed E-state index contributed by atoms with van der Waals surface area (Å²) >= 11 is 2.67. The van der Waals surface area contributed by atoms with Crippen LogP contribution in [0.15, 0.2) is 6.20 Å². The molecule has 14 heavy (non-hydrogen) atoms. The zero-order chi connectivity index (χ0) is 11.0. The number of rotatable bonds is 2. The van der Waals surface area contributed by atoms with E-state index >= 15 is 0 Å². The molecule has 1 N–H and O–H groups in total. The van der Waals surface area contributed by atoms with Crippen LogP contribution >= 0.6 is 33.9 Å². The van der Waals surface area contributed by atoms with Gasteiger partial charge in [0.2, 0.25) is 0 Å². The summed E-state index contributed by atoms with van der Waals surface area (Å²) in [7, 11) is 0. The van der Waals surface area contributed by atoms with Gasteiger partial charge in [-0.15, -0.1) is 11.3 Å². The summed E-state index contributed by atoms with van der Waals surface area (Å²) in [6.07, 6.45) is -3.99. The number of aromatic nitrogens is 1. The minimum atomic E-state index is -4.66. The lowest BCUT2D eigenvalue weighted by molar-refractivity contribution is -0.266. The van der Waals surface area contributed by atoms with Crippen LogP contribution in [0.4, 0.5) is 13.2 Å². The highest BCUT2D eigenvalue weighted by atomic mass is 127. The Bertz CT molecular complexity index is 327. The molecule has 1 rings (SSSR count). The van der Waals surface area contributed by atoms with Crippen molar-refractivity contribution in [2.45, 2.75) is 25.1 Å². The van der Waals surface area contributed by atoms with Crippen LogP contribution in [0.25, 0.3) is 0 Å². The second-order valence-electron chi connectivity index (χ2n) is 2.69. The maximum Gasteiger partial charge on any atom is 0.422 e. The molecule has 0 saturated heterocycles. The maximum absolute atomic E-state index is 12.5. The van der Waals surface area contributed by atoms with E-state index < -0.39 is 18.2 Å². The lowest BCUT2D eigenvalue weighted by atomic mass is 9.99. The van der Waals surface area contributed by atoms with E-state index in [2.05, 4.69) is 4.98 Å². The molecule has 0 saturated carbocycles. The molecular weight excluding hydrogens is 330 g/mol. The Morgan fingerprint density at radius 3 is 2.43 bits per heavy atom. The Morgan fingerprint density at radius 2 is 2.14 bits per heavy atom. The highest BCUT2D eigenvalue weighted by Crippen LogP contribution is 2.43. The number of aliphatic hydroxyl groups is 1. The molecule has 0 aliphatic heterocycles. The van der Waals surface area contributed by atoms with Gasteiger partial charge >= 0.3 is 6.18 Å². The first-order chi connectivity index (χ1) is 6.31. The van der Waals surface area contributed by atoms with Crippen molar-refractivity contribution in [3.05, 3.63) is 14.1 Å². The van der Waals surface area contributed by atoms with E-state index in [9.17, 15) is 18.3 Å². The third-order valence-corrected chi connectivity index (χ3v) is 3.74. The van der Waals surface area contributed by atoms with Gasteiger partial charge in [0.1, 0.15) is 0 Å². The molecule has 1 aromatic heterocycles. The Hall–Kier alpha value is 0.110. The number of halogens is 4.